The molecule has 0 spiro atoms. The van der Waals surface area contributed by atoms with Crippen LogP contribution >= 0.6 is 11.3 Å². The zero-order valence-corrected chi connectivity index (χ0v) is 12.5. The Hall–Kier alpha value is -1.40. The van der Waals surface area contributed by atoms with Gasteiger partial charge in [0.2, 0.25) is 0 Å². The third-order valence-corrected chi connectivity index (χ3v) is 4.68. The van der Waals surface area contributed by atoms with Crippen molar-refractivity contribution in [3.63, 3.8) is 0 Å². The van der Waals surface area contributed by atoms with Gasteiger partial charge in [-0.05, 0) is 38.2 Å². The molecule has 20 heavy (non-hydrogen) atoms. The van der Waals surface area contributed by atoms with E-state index in [1.807, 2.05) is 6.92 Å². The quantitative estimate of drug-likeness (QED) is 0.858. The van der Waals surface area contributed by atoms with Crippen molar-refractivity contribution in [1.29, 1.82) is 0 Å². The smallest absolute Gasteiger partial charge is 0.261 e. The second-order valence-electron chi connectivity index (χ2n) is 4.91. The van der Waals surface area contributed by atoms with Crippen molar-refractivity contribution in [3.05, 3.63) is 16.3 Å². The van der Waals surface area contributed by atoms with E-state index >= 15 is 0 Å². The number of nitrogens with zero attached hydrogens (tertiary/aromatic N) is 2. The topological polar surface area (TPSA) is 74.2 Å². The first-order valence-corrected chi connectivity index (χ1v) is 7.92. The summed E-state index contributed by atoms with van der Waals surface area (Å²) in [5, 5.41) is 4.82. The summed E-state index contributed by atoms with van der Waals surface area (Å²) in [4.78, 5) is 5.85. The minimum atomic E-state index is 0.563. The van der Waals surface area contributed by atoms with Crippen molar-refractivity contribution < 1.29 is 9.26 Å². The molecule has 1 aliphatic carbocycles. The Balaban J connectivity index is 1.84. The number of aromatic nitrogens is 2. The van der Waals surface area contributed by atoms with E-state index < -0.39 is 0 Å². The molecule has 3 rings (SSSR count). The average Bonchev–Trinajstić information content (AvgIpc) is 3.02. The molecular formula is C14H19N3O2S. The first-order chi connectivity index (χ1) is 9.79. The van der Waals surface area contributed by atoms with E-state index in [-0.39, 0.29) is 0 Å². The van der Waals surface area contributed by atoms with Gasteiger partial charge in [0, 0.05) is 17.9 Å². The average molecular weight is 293 g/mol. The molecular weight excluding hydrogens is 274 g/mol. The Morgan fingerprint density at radius 3 is 3.05 bits per heavy atom. The van der Waals surface area contributed by atoms with Crippen LogP contribution in [0, 0.1) is 0 Å². The fraction of sp³-hybridized carbons (Fsp3) is 0.571. The minimum Gasteiger partial charge on any atom is -0.390 e. The van der Waals surface area contributed by atoms with Gasteiger partial charge >= 0.3 is 0 Å². The lowest BCUT2D eigenvalue weighted by atomic mass is 9.95. The molecule has 0 saturated carbocycles. The highest BCUT2D eigenvalue weighted by Crippen LogP contribution is 2.41. The second kappa shape index (κ2) is 5.93. The number of nitrogen functional groups attached to an aromatic ring is 1. The van der Waals surface area contributed by atoms with Gasteiger partial charge in [0.25, 0.3) is 5.89 Å². The number of fused-ring (bicyclic) bond motifs is 1. The van der Waals surface area contributed by atoms with Gasteiger partial charge in [-0.25, -0.2) is 0 Å². The molecule has 0 aromatic carbocycles. The van der Waals surface area contributed by atoms with E-state index in [0.29, 0.717) is 31.3 Å². The molecule has 0 amide bonds. The van der Waals surface area contributed by atoms with Crippen LogP contribution in [0.5, 0.6) is 0 Å². The largest absolute Gasteiger partial charge is 0.390 e. The Kier molecular flexibility index (Phi) is 4.03. The molecule has 0 atom stereocenters. The Bertz CT molecular complexity index is 591. The van der Waals surface area contributed by atoms with Crippen LogP contribution in [0.3, 0.4) is 0 Å². The number of hydrogen-bond donors (Lipinski definition) is 1. The monoisotopic (exact) mass is 293 g/mol. The zero-order chi connectivity index (χ0) is 13.9. The van der Waals surface area contributed by atoms with Crippen molar-refractivity contribution in [1.82, 2.24) is 10.1 Å². The summed E-state index contributed by atoms with van der Waals surface area (Å²) in [5.41, 5.74) is 8.44. The van der Waals surface area contributed by atoms with Crippen LogP contribution in [0.1, 0.15) is 36.0 Å². The molecule has 2 heterocycles. The molecule has 0 unspecified atom stereocenters. The van der Waals surface area contributed by atoms with E-state index in [0.717, 1.165) is 23.4 Å². The zero-order valence-electron chi connectivity index (χ0n) is 11.6. The predicted molar refractivity (Wildman–Crippen MR) is 78.9 cm³/mol. The number of ether oxygens (including phenoxy) is 1. The third kappa shape index (κ3) is 2.58. The van der Waals surface area contributed by atoms with Gasteiger partial charge in [-0.15, -0.1) is 11.3 Å². The highest BCUT2D eigenvalue weighted by molar-refractivity contribution is 7.16. The molecule has 5 nitrogen and oxygen atoms in total. The maximum atomic E-state index is 6.15. The van der Waals surface area contributed by atoms with E-state index in [1.54, 1.807) is 11.3 Å². The maximum Gasteiger partial charge on any atom is 0.261 e. The second-order valence-corrected chi connectivity index (χ2v) is 6.05. The summed E-state index contributed by atoms with van der Waals surface area (Å²) in [6.07, 6.45) is 5.31. The number of rotatable bonds is 5. The first-order valence-electron chi connectivity index (χ1n) is 7.10. The van der Waals surface area contributed by atoms with Gasteiger partial charge in [0.15, 0.2) is 5.82 Å². The van der Waals surface area contributed by atoms with Crippen LogP contribution in [-0.2, 0) is 24.0 Å². The normalized spacial score (nSPS) is 14.4. The fourth-order valence-electron chi connectivity index (χ4n) is 2.59. The standard InChI is InChI=1S/C14H19N3O2S/c1-2-18-8-7-11-16-14(19-17-11)12-9-5-3-4-6-10(9)20-13(12)15/h2-8,15H2,1H3. The van der Waals surface area contributed by atoms with Gasteiger partial charge in [0.1, 0.15) is 0 Å². The Morgan fingerprint density at radius 2 is 2.20 bits per heavy atom. The highest BCUT2D eigenvalue weighted by Gasteiger charge is 2.24. The Labute approximate surface area is 122 Å². The lowest BCUT2D eigenvalue weighted by molar-refractivity contribution is 0.149. The summed E-state index contributed by atoms with van der Waals surface area (Å²) in [6.45, 7) is 3.29. The molecule has 2 aromatic rings. The van der Waals surface area contributed by atoms with E-state index in [2.05, 4.69) is 10.1 Å². The number of anilines is 1. The fourth-order valence-corrected chi connectivity index (χ4v) is 3.74. The maximum absolute atomic E-state index is 6.15. The molecule has 2 aromatic heterocycles. The lowest BCUT2D eigenvalue weighted by Crippen LogP contribution is -2.01. The van der Waals surface area contributed by atoms with Gasteiger partial charge in [0.05, 0.1) is 17.2 Å². The van der Waals surface area contributed by atoms with Crippen molar-refractivity contribution in [2.45, 2.75) is 39.0 Å². The van der Waals surface area contributed by atoms with Gasteiger partial charge < -0.3 is 15.0 Å². The van der Waals surface area contributed by atoms with Gasteiger partial charge in [-0.1, -0.05) is 5.16 Å². The van der Waals surface area contributed by atoms with Crippen molar-refractivity contribution in [3.8, 4) is 11.5 Å². The van der Waals surface area contributed by atoms with Crippen LogP contribution in [0.25, 0.3) is 11.5 Å². The first kappa shape index (κ1) is 13.6. The van der Waals surface area contributed by atoms with Crippen LogP contribution in [0.2, 0.25) is 0 Å². The van der Waals surface area contributed by atoms with Crippen molar-refractivity contribution in [2.75, 3.05) is 18.9 Å². The molecule has 108 valence electrons. The minimum absolute atomic E-state index is 0.563. The van der Waals surface area contributed by atoms with Crippen LogP contribution in [0.15, 0.2) is 4.52 Å². The lowest BCUT2D eigenvalue weighted by Gasteiger charge is -2.10. The number of aryl methyl sites for hydroxylation is 1. The van der Waals surface area contributed by atoms with E-state index in [9.17, 15) is 0 Å². The summed E-state index contributed by atoms with van der Waals surface area (Å²) < 4.78 is 10.7. The predicted octanol–water partition coefficient (Wildman–Crippen LogP) is 2.84. The van der Waals surface area contributed by atoms with E-state index in [1.165, 1.54) is 23.3 Å². The summed E-state index contributed by atoms with van der Waals surface area (Å²) in [6, 6.07) is 0. The van der Waals surface area contributed by atoms with E-state index in [4.69, 9.17) is 15.0 Å². The molecule has 0 aliphatic heterocycles. The summed E-state index contributed by atoms with van der Waals surface area (Å²) in [7, 11) is 0. The molecule has 0 saturated heterocycles. The van der Waals surface area contributed by atoms with Gasteiger partial charge in [-0.2, -0.15) is 4.98 Å². The highest BCUT2D eigenvalue weighted by atomic mass is 32.1. The van der Waals surface area contributed by atoms with Crippen molar-refractivity contribution >= 4 is 16.3 Å². The Morgan fingerprint density at radius 1 is 1.35 bits per heavy atom. The van der Waals surface area contributed by atoms with Gasteiger partial charge in [-0.3, -0.25) is 0 Å². The van der Waals surface area contributed by atoms with Crippen LogP contribution in [0.4, 0.5) is 5.00 Å². The number of hydrogen-bond acceptors (Lipinski definition) is 6. The van der Waals surface area contributed by atoms with Crippen LogP contribution in [-0.4, -0.2) is 23.4 Å². The molecule has 0 radical (unpaired) electrons. The SMILES string of the molecule is CCOCCc1noc(-c2c(N)sc3c2CCCC3)n1. The summed E-state index contributed by atoms with van der Waals surface area (Å²) in [5.74, 6) is 1.25. The third-order valence-electron chi connectivity index (χ3n) is 3.55. The molecule has 1 aliphatic rings. The molecule has 0 fully saturated rings. The summed E-state index contributed by atoms with van der Waals surface area (Å²) >= 11 is 1.67. The number of nitrogens with two attached hydrogens (primary N) is 1. The number of thiophene rings is 1. The van der Waals surface area contributed by atoms with Crippen LogP contribution < -0.4 is 5.73 Å². The van der Waals surface area contributed by atoms with Crippen molar-refractivity contribution in [2.24, 2.45) is 0 Å². The molecule has 6 heteroatoms. The molecule has 2 N–H and O–H groups in total. The molecule has 0 bridgehead atoms.